The summed E-state index contributed by atoms with van der Waals surface area (Å²) < 4.78 is 0. The van der Waals surface area contributed by atoms with E-state index in [0.29, 0.717) is 26.5 Å². The van der Waals surface area contributed by atoms with Crippen LogP contribution in [0.5, 0.6) is 0 Å². The SMILES string of the molecule is Nc1c(Cl)cc(NC(=S)NCCc2ccccc2)cc1Cl. The zero-order valence-corrected chi connectivity index (χ0v) is 13.5. The number of nitrogens with one attached hydrogen (secondary N) is 2. The number of halogens is 2. The number of anilines is 2. The van der Waals surface area contributed by atoms with Crippen molar-refractivity contribution in [2.24, 2.45) is 0 Å². The van der Waals surface area contributed by atoms with Crippen LogP contribution in [0.2, 0.25) is 10.0 Å². The van der Waals surface area contributed by atoms with Crippen molar-refractivity contribution in [3.8, 4) is 0 Å². The molecule has 4 N–H and O–H groups in total. The normalized spacial score (nSPS) is 10.2. The Morgan fingerprint density at radius 2 is 1.71 bits per heavy atom. The summed E-state index contributed by atoms with van der Waals surface area (Å²) in [6.45, 7) is 0.742. The maximum atomic E-state index is 5.97. The van der Waals surface area contributed by atoms with E-state index >= 15 is 0 Å². The maximum absolute atomic E-state index is 5.97. The zero-order valence-electron chi connectivity index (χ0n) is 11.2. The van der Waals surface area contributed by atoms with Crippen LogP contribution in [-0.2, 0) is 6.42 Å². The second-order valence-corrected chi connectivity index (χ2v) is 5.69. The monoisotopic (exact) mass is 339 g/mol. The molecule has 0 atom stereocenters. The summed E-state index contributed by atoms with van der Waals surface area (Å²) >= 11 is 17.2. The molecule has 0 unspecified atom stereocenters. The van der Waals surface area contributed by atoms with E-state index < -0.39 is 0 Å². The first-order valence-electron chi connectivity index (χ1n) is 6.39. The van der Waals surface area contributed by atoms with E-state index in [0.717, 1.165) is 13.0 Å². The van der Waals surface area contributed by atoms with Gasteiger partial charge in [-0.2, -0.15) is 0 Å². The molecule has 110 valence electrons. The molecule has 0 aromatic heterocycles. The molecule has 3 nitrogen and oxygen atoms in total. The summed E-state index contributed by atoms with van der Waals surface area (Å²) in [7, 11) is 0. The lowest BCUT2D eigenvalue weighted by Gasteiger charge is -2.12. The highest BCUT2D eigenvalue weighted by atomic mass is 35.5. The third kappa shape index (κ3) is 4.77. The van der Waals surface area contributed by atoms with Gasteiger partial charge >= 0.3 is 0 Å². The fourth-order valence-electron chi connectivity index (χ4n) is 1.80. The minimum atomic E-state index is 0.367. The Hall–Kier alpha value is -1.49. The van der Waals surface area contributed by atoms with Crippen molar-refractivity contribution in [3.63, 3.8) is 0 Å². The molecule has 21 heavy (non-hydrogen) atoms. The topological polar surface area (TPSA) is 50.1 Å². The molecule has 0 saturated carbocycles. The average molecular weight is 340 g/mol. The van der Waals surface area contributed by atoms with E-state index in [1.54, 1.807) is 12.1 Å². The maximum Gasteiger partial charge on any atom is 0.170 e. The molecule has 2 aromatic rings. The highest BCUT2D eigenvalue weighted by Crippen LogP contribution is 2.30. The largest absolute Gasteiger partial charge is 0.396 e. The molecule has 0 saturated heterocycles. The molecule has 0 amide bonds. The van der Waals surface area contributed by atoms with E-state index in [1.807, 2.05) is 18.2 Å². The van der Waals surface area contributed by atoms with Crippen LogP contribution < -0.4 is 16.4 Å². The average Bonchev–Trinajstić information content (AvgIpc) is 2.46. The van der Waals surface area contributed by atoms with Crippen molar-refractivity contribution < 1.29 is 0 Å². The van der Waals surface area contributed by atoms with E-state index in [4.69, 9.17) is 41.2 Å². The summed E-state index contributed by atoms with van der Waals surface area (Å²) in [5, 5.41) is 7.49. The molecule has 0 spiro atoms. The molecule has 0 aliphatic rings. The van der Waals surface area contributed by atoms with Gasteiger partial charge in [0.15, 0.2) is 5.11 Å². The second kappa shape index (κ2) is 7.50. The third-order valence-electron chi connectivity index (χ3n) is 2.88. The lowest BCUT2D eigenvalue weighted by molar-refractivity contribution is 0.873. The fraction of sp³-hybridized carbons (Fsp3) is 0.133. The summed E-state index contributed by atoms with van der Waals surface area (Å²) in [5.41, 5.74) is 8.01. The number of nitrogen functional groups attached to an aromatic ring is 1. The lowest BCUT2D eigenvalue weighted by Crippen LogP contribution is -2.30. The van der Waals surface area contributed by atoms with Gasteiger partial charge in [0.25, 0.3) is 0 Å². The molecule has 2 rings (SSSR count). The van der Waals surface area contributed by atoms with Crippen molar-refractivity contribution in [1.29, 1.82) is 0 Å². The van der Waals surface area contributed by atoms with Gasteiger partial charge in [0.1, 0.15) is 0 Å². The molecular weight excluding hydrogens is 325 g/mol. The highest BCUT2D eigenvalue weighted by Gasteiger charge is 2.06. The molecule has 2 aromatic carbocycles. The number of rotatable bonds is 4. The van der Waals surface area contributed by atoms with Gasteiger partial charge in [-0.1, -0.05) is 53.5 Å². The van der Waals surface area contributed by atoms with Crippen LogP contribution in [0.3, 0.4) is 0 Å². The van der Waals surface area contributed by atoms with Crippen LogP contribution in [0.25, 0.3) is 0 Å². The first-order chi connectivity index (χ1) is 10.1. The van der Waals surface area contributed by atoms with Crippen molar-refractivity contribution in [3.05, 3.63) is 58.1 Å². The Kier molecular flexibility index (Phi) is 5.67. The molecule has 0 aliphatic carbocycles. The molecule has 0 heterocycles. The van der Waals surface area contributed by atoms with Gasteiger partial charge in [0.05, 0.1) is 15.7 Å². The Balaban J connectivity index is 1.85. The molecule has 0 radical (unpaired) electrons. The van der Waals surface area contributed by atoms with Crippen LogP contribution >= 0.6 is 35.4 Å². The third-order valence-corrected chi connectivity index (χ3v) is 3.75. The van der Waals surface area contributed by atoms with E-state index in [2.05, 4.69) is 22.8 Å². The Morgan fingerprint density at radius 1 is 1.10 bits per heavy atom. The first-order valence-corrected chi connectivity index (χ1v) is 7.56. The predicted molar refractivity (Wildman–Crippen MR) is 95.2 cm³/mol. The van der Waals surface area contributed by atoms with Crippen LogP contribution in [0.4, 0.5) is 11.4 Å². The van der Waals surface area contributed by atoms with Gasteiger partial charge < -0.3 is 16.4 Å². The van der Waals surface area contributed by atoms with Gasteiger partial charge in [0, 0.05) is 12.2 Å². The molecule has 0 bridgehead atoms. The van der Waals surface area contributed by atoms with Crippen molar-refractivity contribution in [2.45, 2.75) is 6.42 Å². The molecular formula is C15H15Cl2N3S. The van der Waals surface area contributed by atoms with Gasteiger partial charge in [-0.25, -0.2) is 0 Å². The summed E-state index contributed by atoms with van der Waals surface area (Å²) in [5.74, 6) is 0. The number of thiocarbonyl (C=S) groups is 1. The van der Waals surface area contributed by atoms with Crippen LogP contribution in [0.15, 0.2) is 42.5 Å². The lowest BCUT2D eigenvalue weighted by atomic mass is 10.1. The van der Waals surface area contributed by atoms with Crippen molar-refractivity contribution in [1.82, 2.24) is 5.32 Å². The zero-order chi connectivity index (χ0) is 15.2. The number of hydrogen-bond donors (Lipinski definition) is 3. The Bertz CT molecular complexity index is 609. The van der Waals surface area contributed by atoms with E-state index in [-0.39, 0.29) is 0 Å². The van der Waals surface area contributed by atoms with Crippen LogP contribution in [0, 0.1) is 0 Å². The quantitative estimate of drug-likeness (QED) is 0.579. The summed E-state index contributed by atoms with van der Waals surface area (Å²) in [6, 6.07) is 13.6. The smallest absolute Gasteiger partial charge is 0.170 e. The Labute approximate surface area is 139 Å². The van der Waals surface area contributed by atoms with E-state index in [9.17, 15) is 0 Å². The predicted octanol–water partition coefficient (Wildman–Crippen LogP) is 4.10. The minimum Gasteiger partial charge on any atom is -0.396 e. The van der Waals surface area contributed by atoms with Gasteiger partial charge in [-0.05, 0) is 36.3 Å². The fourth-order valence-corrected chi connectivity index (χ4v) is 2.50. The van der Waals surface area contributed by atoms with Crippen LogP contribution in [0.1, 0.15) is 5.56 Å². The van der Waals surface area contributed by atoms with Gasteiger partial charge in [-0.15, -0.1) is 0 Å². The number of nitrogens with two attached hydrogens (primary N) is 1. The van der Waals surface area contributed by atoms with Gasteiger partial charge in [-0.3, -0.25) is 0 Å². The van der Waals surface area contributed by atoms with Crippen molar-refractivity contribution >= 4 is 51.9 Å². The number of benzene rings is 2. The van der Waals surface area contributed by atoms with Crippen LogP contribution in [-0.4, -0.2) is 11.7 Å². The number of hydrogen-bond acceptors (Lipinski definition) is 2. The standard InChI is InChI=1S/C15H15Cl2N3S/c16-12-8-11(9-13(17)14(12)18)20-15(21)19-7-6-10-4-2-1-3-5-10/h1-5,8-9H,6-7,18H2,(H2,19,20,21). The summed E-state index contributed by atoms with van der Waals surface area (Å²) in [6.07, 6.45) is 0.895. The molecule has 0 aliphatic heterocycles. The van der Waals surface area contributed by atoms with Gasteiger partial charge in [0.2, 0.25) is 0 Å². The Morgan fingerprint density at radius 3 is 2.33 bits per heavy atom. The summed E-state index contributed by atoms with van der Waals surface area (Å²) in [4.78, 5) is 0. The van der Waals surface area contributed by atoms with E-state index in [1.165, 1.54) is 5.56 Å². The minimum absolute atomic E-state index is 0.367. The highest BCUT2D eigenvalue weighted by molar-refractivity contribution is 7.80. The molecule has 6 heteroatoms. The first kappa shape index (κ1) is 15.9. The molecule has 0 fully saturated rings. The van der Waals surface area contributed by atoms with Crippen molar-refractivity contribution in [2.75, 3.05) is 17.6 Å². The second-order valence-electron chi connectivity index (χ2n) is 4.47.